The highest BCUT2D eigenvalue weighted by Crippen LogP contribution is 2.34. The van der Waals surface area contributed by atoms with Gasteiger partial charge in [0.2, 0.25) is 0 Å². The second-order valence-electron chi connectivity index (χ2n) is 6.86. The van der Waals surface area contributed by atoms with E-state index in [0.29, 0.717) is 6.04 Å². The number of carbonyl (C=O) groups is 1. The lowest BCUT2D eigenvalue weighted by molar-refractivity contribution is 0.169. The standard InChI is InChI=1S/C19H27ClN2O/c20-17-12-7-6-11-16(17)18-13-5-2-8-14-22(18)19(23)21-15-9-3-1-4-10-15/h6-7,11-12,15,18H,1-5,8-10,13-14H2,(H,21,23). The molecule has 0 aromatic heterocycles. The Morgan fingerprint density at radius 1 is 1.00 bits per heavy atom. The van der Waals surface area contributed by atoms with Crippen LogP contribution in [0.1, 0.15) is 69.4 Å². The van der Waals surface area contributed by atoms with Gasteiger partial charge in [0.15, 0.2) is 0 Å². The number of nitrogens with one attached hydrogen (secondary N) is 1. The Labute approximate surface area is 144 Å². The number of urea groups is 1. The smallest absolute Gasteiger partial charge is 0.318 e. The van der Waals surface area contributed by atoms with Crippen LogP contribution in [0.5, 0.6) is 0 Å². The number of halogens is 1. The van der Waals surface area contributed by atoms with Gasteiger partial charge in [-0.05, 0) is 37.3 Å². The summed E-state index contributed by atoms with van der Waals surface area (Å²) >= 11 is 6.41. The van der Waals surface area contributed by atoms with Crippen molar-refractivity contribution < 1.29 is 4.79 Å². The van der Waals surface area contributed by atoms with Crippen molar-refractivity contribution in [1.29, 1.82) is 0 Å². The molecule has 126 valence electrons. The van der Waals surface area contributed by atoms with Crippen LogP contribution >= 0.6 is 11.6 Å². The fraction of sp³-hybridized carbons (Fsp3) is 0.632. The Kier molecular flexibility index (Phi) is 5.82. The highest BCUT2D eigenvalue weighted by molar-refractivity contribution is 6.31. The maximum absolute atomic E-state index is 12.9. The molecule has 3 nitrogen and oxygen atoms in total. The minimum absolute atomic E-state index is 0.101. The number of amides is 2. The molecule has 1 aromatic rings. The molecule has 0 spiro atoms. The summed E-state index contributed by atoms with van der Waals surface area (Å²) in [4.78, 5) is 14.9. The van der Waals surface area contributed by atoms with Crippen molar-refractivity contribution in [2.45, 2.75) is 69.9 Å². The lowest BCUT2D eigenvalue weighted by Gasteiger charge is -2.33. The van der Waals surface area contributed by atoms with Gasteiger partial charge in [-0.25, -0.2) is 4.79 Å². The highest BCUT2D eigenvalue weighted by Gasteiger charge is 2.29. The molecule has 1 aliphatic carbocycles. The predicted molar refractivity (Wildman–Crippen MR) is 94.8 cm³/mol. The molecule has 0 bridgehead atoms. The van der Waals surface area contributed by atoms with E-state index < -0.39 is 0 Å². The number of hydrogen-bond acceptors (Lipinski definition) is 1. The average molecular weight is 335 g/mol. The Bertz CT molecular complexity index is 528. The largest absolute Gasteiger partial charge is 0.335 e. The van der Waals surface area contributed by atoms with Crippen LogP contribution in [-0.4, -0.2) is 23.5 Å². The number of nitrogens with zero attached hydrogens (tertiary/aromatic N) is 1. The van der Waals surface area contributed by atoms with Gasteiger partial charge >= 0.3 is 6.03 Å². The molecule has 1 N–H and O–H groups in total. The summed E-state index contributed by atoms with van der Waals surface area (Å²) < 4.78 is 0. The molecule has 1 atom stereocenters. The minimum atomic E-state index is 0.101. The van der Waals surface area contributed by atoms with Gasteiger partial charge in [0.1, 0.15) is 0 Å². The van der Waals surface area contributed by atoms with E-state index in [1.807, 2.05) is 23.1 Å². The van der Waals surface area contributed by atoms with E-state index in [9.17, 15) is 4.79 Å². The number of hydrogen-bond donors (Lipinski definition) is 1. The first-order valence-electron chi connectivity index (χ1n) is 9.07. The third-order valence-electron chi connectivity index (χ3n) is 5.21. The van der Waals surface area contributed by atoms with Gasteiger partial charge in [0, 0.05) is 17.6 Å². The van der Waals surface area contributed by atoms with Crippen molar-refractivity contribution in [3.8, 4) is 0 Å². The number of likely N-dealkylation sites (tertiary alicyclic amines) is 1. The summed E-state index contributed by atoms with van der Waals surface area (Å²) in [6.45, 7) is 0.828. The number of rotatable bonds is 2. The van der Waals surface area contributed by atoms with Crippen molar-refractivity contribution in [2.24, 2.45) is 0 Å². The fourth-order valence-electron chi connectivity index (χ4n) is 3.92. The zero-order valence-electron chi connectivity index (χ0n) is 13.8. The molecule has 0 radical (unpaired) electrons. The molecule has 1 unspecified atom stereocenters. The van der Waals surface area contributed by atoms with Gasteiger partial charge in [-0.1, -0.05) is 61.9 Å². The molecule has 3 rings (SSSR count). The van der Waals surface area contributed by atoms with Crippen LogP contribution in [0.4, 0.5) is 4.79 Å². The Morgan fingerprint density at radius 3 is 2.48 bits per heavy atom. The van der Waals surface area contributed by atoms with Gasteiger partial charge in [0.25, 0.3) is 0 Å². The molecule has 4 heteroatoms. The number of benzene rings is 1. The van der Waals surface area contributed by atoms with E-state index in [4.69, 9.17) is 11.6 Å². The summed E-state index contributed by atoms with van der Waals surface area (Å²) in [5.41, 5.74) is 1.09. The third kappa shape index (κ3) is 4.20. The van der Waals surface area contributed by atoms with E-state index in [0.717, 1.165) is 49.2 Å². The SMILES string of the molecule is O=C(NC1CCCCC1)N1CCCCCC1c1ccccc1Cl. The number of carbonyl (C=O) groups excluding carboxylic acids is 1. The van der Waals surface area contributed by atoms with Gasteiger partial charge in [0.05, 0.1) is 6.04 Å². The second-order valence-corrected chi connectivity index (χ2v) is 7.27. The molecule has 1 aliphatic heterocycles. The van der Waals surface area contributed by atoms with Crippen LogP contribution in [0, 0.1) is 0 Å². The summed E-state index contributed by atoms with van der Waals surface area (Å²) in [5, 5.41) is 4.05. The van der Waals surface area contributed by atoms with E-state index in [-0.39, 0.29) is 12.1 Å². The maximum atomic E-state index is 12.9. The Morgan fingerprint density at radius 2 is 1.70 bits per heavy atom. The maximum Gasteiger partial charge on any atom is 0.318 e. The van der Waals surface area contributed by atoms with Gasteiger partial charge < -0.3 is 10.2 Å². The first kappa shape index (κ1) is 16.6. The first-order valence-corrected chi connectivity index (χ1v) is 9.45. The van der Waals surface area contributed by atoms with Crippen LogP contribution in [0.2, 0.25) is 5.02 Å². The van der Waals surface area contributed by atoms with Crippen molar-refractivity contribution in [3.05, 3.63) is 34.9 Å². The summed E-state index contributed by atoms with van der Waals surface area (Å²) in [6.07, 6.45) is 10.4. The normalized spacial score (nSPS) is 23.3. The lowest BCUT2D eigenvalue weighted by Crippen LogP contribution is -2.46. The molecule has 2 amide bonds. The van der Waals surface area contributed by atoms with E-state index in [1.165, 1.54) is 25.7 Å². The second kappa shape index (κ2) is 8.05. The van der Waals surface area contributed by atoms with Gasteiger partial charge in [-0.15, -0.1) is 0 Å². The zero-order valence-corrected chi connectivity index (χ0v) is 14.5. The Balaban J connectivity index is 1.75. The quantitative estimate of drug-likeness (QED) is 0.782. The van der Waals surface area contributed by atoms with Crippen LogP contribution in [0.3, 0.4) is 0 Å². The van der Waals surface area contributed by atoms with Gasteiger partial charge in [-0.3, -0.25) is 0 Å². The zero-order chi connectivity index (χ0) is 16.1. The van der Waals surface area contributed by atoms with Crippen molar-refractivity contribution in [2.75, 3.05) is 6.54 Å². The molecule has 2 fully saturated rings. The molecule has 1 aromatic carbocycles. The Hall–Kier alpha value is -1.22. The summed E-state index contributed by atoms with van der Waals surface area (Å²) in [6, 6.07) is 8.53. The molecular weight excluding hydrogens is 308 g/mol. The predicted octanol–water partition coefficient (Wildman–Crippen LogP) is 5.30. The monoisotopic (exact) mass is 334 g/mol. The van der Waals surface area contributed by atoms with Crippen molar-refractivity contribution in [3.63, 3.8) is 0 Å². The molecule has 1 saturated carbocycles. The van der Waals surface area contributed by atoms with Gasteiger partial charge in [-0.2, -0.15) is 0 Å². The third-order valence-corrected chi connectivity index (χ3v) is 5.55. The van der Waals surface area contributed by atoms with Crippen LogP contribution < -0.4 is 5.32 Å². The van der Waals surface area contributed by atoms with Crippen LogP contribution in [0.25, 0.3) is 0 Å². The molecule has 1 heterocycles. The molecule has 23 heavy (non-hydrogen) atoms. The first-order chi connectivity index (χ1) is 11.3. The molecular formula is C19H27ClN2O. The van der Waals surface area contributed by atoms with Crippen LogP contribution in [-0.2, 0) is 0 Å². The summed E-state index contributed by atoms with van der Waals surface area (Å²) in [5.74, 6) is 0. The highest BCUT2D eigenvalue weighted by atomic mass is 35.5. The minimum Gasteiger partial charge on any atom is -0.335 e. The lowest BCUT2D eigenvalue weighted by atomic mass is 9.95. The van der Waals surface area contributed by atoms with Crippen LogP contribution in [0.15, 0.2) is 24.3 Å². The average Bonchev–Trinajstić information content (AvgIpc) is 2.82. The van der Waals surface area contributed by atoms with Crippen molar-refractivity contribution >= 4 is 17.6 Å². The van der Waals surface area contributed by atoms with E-state index in [1.54, 1.807) is 0 Å². The van der Waals surface area contributed by atoms with E-state index >= 15 is 0 Å². The van der Waals surface area contributed by atoms with Crippen molar-refractivity contribution in [1.82, 2.24) is 10.2 Å². The van der Waals surface area contributed by atoms with E-state index in [2.05, 4.69) is 11.4 Å². The fourth-order valence-corrected chi connectivity index (χ4v) is 4.19. The summed E-state index contributed by atoms with van der Waals surface area (Å²) in [7, 11) is 0. The molecule has 1 saturated heterocycles. The molecule has 2 aliphatic rings. The topological polar surface area (TPSA) is 32.3 Å².